The summed E-state index contributed by atoms with van der Waals surface area (Å²) in [6.07, 6.45) is 4.93. The summed E-state index contributed by atoms with van der Waals surface area (Å²) >= 11 is 5.96. The Morgan fingerprint density at radius 2 is 2.20 bits per heavy atom. The molecule has 0 bridgehead atoms. The SMILES string of the molecule is Cc1cc([C@H]2CCCCN2Cc2cc(=O)n3cc(Cl)ccc3n2)no1. The maximum absolute atomic E-state index is 12.4. The molecule has 25 heavy (non-hydrogen) atoms. The van der Waals surface area contributed by atoms with Gasteiger partial charge in [0.05, 0.1) is 16.8 Å². The fraction of sp³-hybridized carbons (Fsp3) is 0.389. The number of hydrogen-bond donors (Lipinski definition) is 0. The number of pyridine rings is 1. The molecule has 7 heteroatoms. The van der Waals surface area contributed by atoms with Crippen LogP contribution in [0.3, 0.4) is 0 Å². The average molecular weight is 359 g/mol. The lowest BCUT2D eigenvalue weighted by molar-refractivity contribution is 0.132. The van der Waals surface area contributed by atoms with Gasteiger partial charge in [-0.15, -0.1) is 0 Å². The number of rotatable bonds is 3. The van der Waals surface area contributed by atoms with Crippen LogP contribution in [0.15, 0.2) is 39.8 Å². The van der Waals surface area contributed by atoms with E-state index in [1.165, 1.54) is 10.8 Å². The molecule has 0 unspecified atom stereocenters. The fourth-order valence-corrected chi connectivity index (χ4v) is 3.63. The van der Waals surface area contributed by atoms with Crippen molar-refractivity contribution in [3.05, 3.63) is 63.0 Å². The van der Waals surface area contributed by atoms with Gasteiger partial charge < -0.3 is 4.52 Å². The van der Waals surface area contributed by atoms with Crippen LogP contribution in [-0.4, -0.2) is 26.0 Å². The van der Waals surface area contributed by atoms with Crippen molar-refractivity contribution in [3.63, 3.8) is 0 Å². The molecule has 0 spiro atoms. The smallest absolute Gasteiger partial charge is 0.258 e. The molecule has 1 saturated heterocycles. The normalized spacial score (nSPS) is 18.7. The number of likely N-dealkylation sites (tertiary alicyclic amines) is 1. The van der Waals surface area contributed by atoms with E-state index in [2.05, 4.69) is 15.0 Å². The highest BCUT2D eigenvalue weighted by molar-refractivity contribution is 6.30. The van der Waals surface area contributed by atoms with Crippen molar-refractivity contribution in [3.8, 4) is 0 Å². The lowest BCUT2D eigenvalue weighted by Gasteiger charge is -2.34. The molecule has 3 aromatic rings. The molecule has 0 amide bonds. The van der Waals surface area contributed by atoms with E-state index < -0.39 is 0 Å². The van der Waals surface area contributed by atoms with Crippen molar-refractivity contribution in [2.75, 3.05) is 6.54 Å². The summed E-state index contributed by atoms with van der Waals surface area (Å²) in [5, 5.41) is 4.71. The number of halogens is 1. The third-order valence-electron chi connectivity index (χ3n) is 4.64. The Hall–Kier alpha value is -2.18. The molecule has 4 rings (SSSR count). The van der Waals surface area contributed by atoms with Gasteiger partial charge in [0.2, 0.25) is 0 Å². The van der Waals surface area contributed by atoms with Crippen LogP contribution >= 0.6 is 11.6 Å². The van der Waals surface area contributed by atoms with Gasteiger partial charge in [0, 0.05) is 24.9 Å². The minimum Gasteiger partial charge on any atom is -0.361 e. The van der Waals surface area contributed by atoms with Crippen LogP contribution < -0.4 is 5.56 Å². The molecule has 0 radical (unpaired) electrons. The van der Waals surface area contributed by atoms with Crippen LogP contribution in [0.2, 0.25) is 5.02 Å². The van der Waals surface area contributed by atoms with Gasteiger partial charge in [-0.1, -0.05) is 23.2 Å². The van der Waals surface area contributed by atoms with Crippen molar-refractivity contribution in [1.29, 1.82) is 0 Å². The average Bonchev–Trinajstić information content (AvgIpc) is 3.02. The summed E-state index contributed by atoms with van der Waals surface area (Å²) < 4.78 is 6.72. The molecule has 1 atom stereocenters. The highest BCUT2D eigenvalue weighted by Crippen LogP contribution is 2.31. The summed E-state index contributed by atoms with van der Waals surface area (Å²) in [6.45, 7) is 3.48. The molecule has 1 aliphatic rings. The molecule has 3 aromatic heterocycles. The van der Waals surface area contributed by atoms with Gasteiger partial charge in [-0.05, 0) is 38.4 Å². The maximum atomic E-state index is 12.4. The van der Waals surface area contributed by atoms with Gasteiger partial charge in [0.25, 0.3) is 5.56 Å². The number of hydrogen-bond acceptors (Lipinski definition) is 5. The predicted octanol–water partition coefficient (Wildman–Crippen LogP) is 3.37. The highest BCUT2D eigenvalue weighted by Gasteiger charge is 2.27. The molecule has 1 aliphatic heterocycles. The Morgan fingerprint density at radius 1 is 1.32 bits per heavy atom. The van der Waals surface area contributed by atoms with Gasteiger partial charge in [-0.2, -0.15) is 0 Å². The minimum atomic E-state index is -0.117. The van der Waals surface area contributed by atoms with Crippen molar-refractivity contribution < 1.29 is 4.52 Å². The second-order valence-electron chi connectivity index (χ2n) is 6.51. The van der Waals surface area contributed by atoms with Crippen LogP contribution in [-0.2, 0) is 6.54 Å². The van der Waals surface area contributed by atoms with Gasteiger partial charge in [0.15, 0.2) is 0 Å². The van der Waals surface area contributed by atoms with Gasteiger partial charge in [-0.3, -0.25) is 14.1 Å². The fourth-order valence-electron chi connectivity index (χ4n) is 3.47. The zero-order chi connectivity index (χ0) is 17.4. The summed E-state index contributed by atoms with van der Waals surface area (Å²) in [6, 6.07) is 7.30. The third-order valence-corrected chi connectivity index (χ3v) is 4.87. The first-order chi connectivity index (χ1) is 12.1. The Bertz CT molecular complexity index is 965. The molecule has 6 nitrogen and oxygen atoms in total. The van der Waals surface area contributed by atoms with Crippen molar-refractivity contribution >= 4 is 17.2 Å². The van der Waals surface area contributed by atoms with E-state index >= 15 is 0 Å². The van der Waals surface area contributed by atoms with E-state index in [0.29, 0.717) is 17.2 Å². The summed E-state index contributed by atoms with van der Waals surface area (Å²) in [7, 11) is 0. The number of piperidine rings is 1. The van der Waals surface area contributed by atoms with Crippen LogP contribution in [0.25, 0.3) is 5.65 Å². The topological polar surface area (TPSA) is 63.6 Å². The lowest BCUT2D eigenvalue weighted by Crippen LogP contribution is -2.34. The molecule has 4 heterocycles. The molecule has 1 fully saturated rings. The predicted molar refractivity (Wildman–Crippen MR) is 94.7 cm³/mol. The molecule has 0 aromatic carbocycles. The first-order valence-corrected chi connectivity index (χ1v) is 8.83. The van der Waals surface area contributed by atoms with Gasteiger partial charge >= 0.3 is 0 Å². The Kier molecular flexibility index (Phi) is 4.31. The zero-order valence-electron chi connectivity index (χ0n) is 14.0. The molecular formula is C18H19ClN4O2. The van der Waals surface area contributed by atoms with Crippen molar-refractivity contribution in [2.24, 2.45) is 0 Å². The third kappa shape index (κ3) is 3.32. The number of nitrogens with zero attached hydrogens (tertiary/aromatic N) is 4. The van der Waals surface area contributed by atoms with E-state index in [1.807, 2.05) is 13.0 Å². The van der Waals surface area contributed by atoms with E-state index in [9.17, 15) is 4.79 Å². The maximum Gasteiger partial charge on any atom is 0.258 e. The largest absolute Gasteiger partial charge is 0.361 e. The summed E-state index contributed by atoms with van der Waals surface area (Å²) in [5.74, 6) is 0.819. The number of aromatic nitrogens is 3. The van der Waals surface area contributed by atoms with Crippen LogP contribution in [0.1, 0.15) is 42.5 Å². The summed E-state index contributed by atoms with van der Waals surface area (Å²) in [4.78, 5) is 19.3. The van der Waals surface area contributed by atoms with Crippen LogP contribution in [0, 0.1) is 6.92 Å². The number of fused-ring (bicyclic) bond motifs is 1. The molecule has 0 saturated carbocycles. The molecule has 0 aliphatic carbocycles. The molecule has 130 valence electrons. The Labute approximate surface area is 150 Å². The van der Waals surface area contributed by atoms with E-state index in [1.54, 1.807) is 24.4 Å². The first kappa shape index (κ1) is 16.3. The second-order valence-corrected chi connectivity index (χ2v) is 6.94. The Balaban J connectivity index is 1.64. The van der Waals surface area contributed by atoms with E-state index in [-0.39, 0.29) is 11.6 Å². The van der Waals surface area contributed by atoms with Crippen molar-refractivity contribution in [1.82, 2.24) is 19.4 Å². The quantitative estimate of drug-likeness (QED) is 0.718. The summed E-state index contributed by atoms with van der Waals surface area (Å²) in [5.41, 5.74) is 2.21. The van der Waals surface area contributed by atoms with Gasteiger partial charge in [-0.25, -0.2) is 4.98 Å². The van der Waals surface area contributed by atoms with Crippen LogP contribution in [0.5, 0.6) is 0 Å². The standard InChI is InChI=1S/C18H19ClN4O2/c1-12-8-15(21-25-12)16-4-2-3-7-22(16)11-14-9-18(24)23-10-13(19)5-6-17(23)20-14/h5-6,8-10,16H,2-4,7,11H2,1H3/t16-/m1/s1. The second kappa shape index (κ2) is 6.61. The lowest BCUT2D eigenvalue weighted by atomic mass is 9.99. The van der Waals surface area contributed by atoms with E-state index in [4.69, 9.17) is 16.1 Å². The zero-order valence-corrected chi connectivity index (χ0v) is 14.7. The van der Waals surface area contributed by atoms with Crippen LogP contribution in [0.4, 0.5) is 0 Å². The first-order valence-electron chi connectivity index (χ1n) is 8.45. The van der Waals surface area contributed by atoms with Gasteiger partial charge in [0.1, 0.15) is 17.1 Å². The molecular weight excluding hydrogens is 340 g/mol. The monoisotopic (exact) mass is 358 g/mol. The highest BCUT2D eigenvalue weighted by atomic mass is 35.5. The van der Waals surface area contributed by atoms with E-state index in [0.717, 1.165) is 36.5 Å². The minimum absolute atomic E-state index is 0.117. The Morgan fingerprint density at radius 3 is 3.00 bits per heavy atom. The number of aryl methyl sites for hydroxylation is 1. The molecule has 0 N–H and O–H groups in total. The van der Waals surface area contributed by atoms with Crippen molar-refractivity contribution in [2.45, 2.75) is 38.8 Å².